The van der Waals surface area contributed by atoms with Crippen LogP contribution >= 0.6 is 0 Å². The number of unbranched alkanes of at least 4 members (excludes halogenated alkanes) is 7. The maximum atomic E-state index is 13.9. The molecule has 0 aliphatic carbocycles. The summed E-state index contributed by atoms with van der Waals surface area (Å²) in [7, 11) is 0. The van der Waals surface area contributed by atoms with Crippen LogP contribution in [0.1, 0.15) is 199 Å². The van der Waals surface area contributed by atoms with Gasteiger partial charge in [-0.1, -0.05) is 211 Å². The molecule has 3 amide bonds. The first-order chi connectivity index (χ1) is 36.8. The maximum absolute atomic E-state index is 13.9. The molecule has 0 radical (unpaired) electrons. The number of nitrogens with one attached hydrogen (secondary N) is 3. The fraction of sp³-hybridized carbons (Fsp3) is 0.537. The first-order valence-corrected chi connectivity index (χ1v) is 29.1. The molecular formula is C67H103N3O5. The zero-order valence-electron chi connectivity index (χ0n) is 47.1. The summed E-state index contributed by atoms with van der Waals surface area (Å²) in [6.07, 6.45) is 71.9. The highest BCUT2D eigenvalue weighted by atomic mass is 16.3. The molecule has 0 heterocycles. The van der Waals surface area contributed by atoms with E-state index in [1.165, 1.54) is 44.1 Å². The predicted octanol–water partition coefficient (Wildman–Crippen LogP) is 15.5. The summed E-state index contributed by atoms with van der Waals surface area (Å²) < 4.78 is 0. The van der Waals surface area contributed by atoms with Crippen molar-refractivity contribution >= 4 is 17.7 Å². The first kappa shape index (κ1) is 67.7. The highest BCUT2D eigenvalue weighted by molar-refractivity contribution is 5.88. The van der Waals surface area contributed by atoms with Gasteiger partial charge in [0, 0.05) is 19.4 Å². The number of benzene rings is 1. The van der Waals surface area contributed by atoms with Crippen molar-refractivity contribution in [2.75, 3.05) is 19.8 Å². The van der Waals surface area contributed by atoms with Crippen molar-refractivity contribution in [1.82, 2.24) is 16.0 Å². The van der Waals surface area contributed by atoms with Crippen LogP contribution in [0.4, 0.5) is 0 Å². The third-order valence-electron chi connectivity index (χ3n) is 12.7. The fourth-order valence-electron chi connectivity index (χ4n) is 7.99. The monoisotopic (exact) mass is 1030 g/mol. The number of aliphatic hydroxyl groups excluding tert-OH is 2. The number of carbonyl (C=O) groups excluding carboxylic acids is 3. The van der Waals surface area contributed by atoms with Crippen molar-refractivity contribution in [1.29, 1.82) is 0 Å². The molecular weight excluding hydrogens is 927 g/mol. The van der Waals surface area contributed by atoms with Crippen molar-refractivity contribution in [3.8, 4) is 0 Å². The van der Waals surface area contributed by atoms with Crippen LogP contribution in [0.2, 0.25) is 0 Å². The van der Waals surface area contributed by atoms with Gasteiger partial charge in [-0.15, -0.1) is 0 Å². The van der Waals surface area contributed by atoms with Gasteiger partial charge in [0.2, 0.25) is 17.7 Å². The van der Waals surface area contributed by atoms with Crippen LogP contribution in [-0.4, -0.2) is 59.3 Å². The SMILES string of the molecule is CC/C=C\C/C=C\C/C=C\C/C=C\C/C=C\C/C=C\CCC(=O)N[C@@H](CCCCNC(=O)CCC/C=C\C/C=C\C/C=C\C/C=C\C/C=C\CC)C(=O)NC(CO)(CO)CCc1ccc(CCCCCCCC)cc1. The number of allylic oxidation sites excluding steroid dienone is 22. The topological polar surface area (TPSA) is 128 Å². The number of amides is 3. The van der Waals surface area contributed by atoms with Crippen molar-refractivity contribution in [2.45, 2.75) is 212 Å². The largest absolute Gasteiger partial charge is 0.394 e. The highest BCUT2D eigenvalue weighted by Gasteiger charge is 2.33. The van der Waals surface area contributed by atoms with E-state index in [2.05, 4.69) is 183 Å². The quantitative estimate of drug-likeness (QED) is 0.0328. The summed E-state index contributed by atoms with van der Waals surface area (Å²) in [6.45, 7) is 6.11. The fourth-order valence-corrected chi connectivity index (χ4v) is 7.99. The summed E-state index contributed by atoms with van der Waals surface area (Å²) in [4.78, 5) is 39.8. The molecule has 8 heteroatoms. The second-order valence-corrected chi connectivity index (χ2v) is 19.4. The summed E-state index contributed by atoms with van der Waals surface area (Å²) >= 11 is 0. The van der Waals surface area contributed by atoms with Crippen LogP contribution in [0.3, 0.4) is 0 Å². The minimum absolute atomic E-state index is 0.00228. The van der Waals surface area contributed by atoms with E-state index in [0.29, 0.717) is 51.5 Å². The molecule has 1 aromatic rings. The molecule has 0 unspecified atom stereocenters. The summed E-state index contributed by atoms with van der Waals surface area (Å²) in [5, 5.41) is 30.0. The zero-order valence-corrected chi connectivity index (χ0v) is 47.1. The van der Waals surface area contributed by atoms with Gasteiger partial charge in [0.15, 0.2) is 0 Å². The van der Waals surface area contributed by atoms with E-state index in [1.54, 1.807) is 0 Å². The van der Waals surface area contributed by atoms with Gasteiger partial charge in [-0.3, -0.25) is 14.4 Å². The number of aliphatic hydroxyl groups is 2. The Bertz CT molecular complexity index is 1910. The molecule has 1 aromatic carbocycles. The minimum atomic E-state index is -1.26. The van der Waals surface area contributed by atoms with Gasteiger partial charge in [0.1, 0.15) is 6.04 Å². The second-order valence-electron chi connectivity index (χ2n) is 19.4. The molecule has 75 heavy (non-hydrogen) atoms. The molecule has 5 N–H and O–H groups in total. The molecule has 1 rings (SSSR count). The Kier molecular flexibility index (Phi) is 45.9. The molecule has 0 bridgehead atoms. The Balaban J connectivity index is 2.66. The van der Waals surface area contributed by atoms with Crippen LogP contribution < -0.4 is 16.0 Å². The summed E-state index contributed by atoms with van der Waals surface area (Å²) in [5.41, 5.74) is 1.11. The number of carbonyl (C=O) groups is 3. The standard InChI is InChI=1S/C67H103N3O5/c1-4-7-10-13-16-18-20-22-24-26-27-29-31-33-35-37-39-42-45-51-65(74)69-63(66(75)70-67(59-71,60-72)57-56-62-54-52-61(53-55-62)48-43-40-15-12-9-6-3)49-46-47-58-68-64(73)50-44-41-38-36-34-32-30-28-25-23-21-19-17-14-11-8-5-2/h7-8,10-11,16-19,22-25,27,29-30,32-33,35-36,38-39,42,52-55,63,71-72H,4-6,9,12-15,20-21,26,28,31,34,37,40-41,43-51,56-60H2,1-3H3,(H,68,73)(H,69,74)(H,70,75)/b10-7-,11-8-,18-16-,19-17-,24-22-,25-23-,29-27-,32-30-,35-33-,38-36-,42-39-/t63-/m0/s1. The van der Waals surface area contributed by atoms with Crippen molar-refractivity contribution in [3.63, 3.8) is 0 Å². The molecule has 0 fully saturated rings. The molecule has 0 spiro atoms. The Morgan fingerprint density at radius 3 is 1.36 bits per heavy atom. The van der Waals surface area contributed by atoms with Gasteiger partial charge in [0.05, 0.1) is 18.8 Å². The number of hydrogen-bond acceptors (Lipinski definition) is 5. The molecule has 416 valence electrons. The molecule has 8 nitrogen and oxygen atoms in total. The second kappa shape index (κ2) is 50.8. The van der Waals surface area contributed by atoms with Gasteiger partial charge in [-0.2, -0.15) is 0 Å². The molecule has 0 aromatic heterocycles. The molecule has 0 aliphatic heterocycles. The van der Waals surface area contributed by atoms with Gasteiger partial charge < -0.3 is 26.2 Å². The van der Waals surface area contributed by atoms with Crippen LogP contribution in [0, 0.1) is 0 Å². The van der Waals surface area contributed by atoms with E-state index in [4.69, 9.17) is 0 Å². The Morgan fingerprint density at radius 2 is 0.893 bits per heavy atom. The molecule has 0 aliphatic rings. The average molecular weight is 1030 g/mol. The van der Waals surface area contributed by atoms with Gasteiger partial charge in [-0.25, -0.2) is 0 Å². The minimum Gasteiger partial charge on any atom is -0.394 e. The summed E-state index contributed by atoms with van der Waals surface area (Å²) in [6, 6.07) is 7.64. The Labute approximate surface area is 457 Å². The van der Waals surface area contributed by atoms with E-state index in [9.17, 15) is 24.6 Å². The lowest BCUT2D eigenvalue weighted by molar-refractivity contribution is -0.131. The number of rotatable bonds is 47. The lowest BCUT2D eigenvalue weighted by Gasteiger charge is -2.33. The molecule has 1 atom stereocenters. The van der Waals surface area contributed by atoms with Crippen LogP contribution in [-0.2, 0) is 27.2 Å². The normalized spacial score (nSPS) is 13.2. The highest BCUT2D eigenvalue weighted by Crippen LogP contribution is 2.18. The van der Waals surface area contributed by atoms with E-state index in [-0.39, 0.29) is 18.2 Å². The van der Waals surface area contributed by atoms with Crippen LogP contribution in [0.15, 0.2) is 158 Å². The van der Waals surface area contributed by atoms with Crippen LogP contribution in [0.5, 0.6) is 0 Å². The molecule has 0 saturated carbocycles. The third kappa shape index (κ3) is 41.6. The van der Waals surface area contributed by atoms with E-state index in [0.717, 1.165) is 95.5 Å². The average Bonchev–Trinajstić information content (AvgIpc) is 3.42. The molecule has 0 saturated heterocycles. The van der Waals surface area contributed by atoms with Crippen molar-refractivity contribution < 1.29 is 24.6 Å². The smallest absolute Gasteiger partial charge is 0.243 e. The number of hydrogen-bond donors (Lipinski definition) is 5. The van der Waals surface area contributed by atoms with Crippen LogP contribution in [0.25, 0.3) is 0 Å². The van der Waals surface area contributed by atoms with Crippen molar-refractivity contribution in [3.05, 3.63) is 169 Å². The maximum Gasteiger partial charge on any atom is 0.243 e. The zero-order chi connectivity index (χ0) is 54.4. The van der Waals surface area contributed by atoms with Gasteiger partial charge in [-0.05, 0) is 146 Å². The van der Waals surface area contributed by atoms with E-state index < -0.39 is 30.7 Å². The third-order valence-corrected chi connectivity index (χ3v) is 12.7. The Morgan fingerprint density at radius 1 is 0.467 bits per heavy atom. The van der Waals surface area contributed by atoms with Crippen molar-refractivity contribution in [2.24, 2.45) is 0 Å². The Hall–Kier alpha value is -5.31. The van der Waals surface area contributed by atoms with Gasteiger partial charge >= 0.3 is 0 Å². The number of aryl methyl sites for hydroxylation is 2. The lowest BCUT2D eigenvalue weighted by Crippen LogP contribution is -2.59. The van der Waals surface area contributed by atoms with E-state index in [1.807, 2.05) is 12.2 Å². The van der Waals surface area contributed by atoms with E-state index >= 15 is 0 Å². The lowest BCUT2D eigenvalue weighted by atomic mass is 9.91. The summed E-state index contributed by atoms with van der Waals surface area (Å²) in [5.74, 6) is -0.675. The first-order valence-electron chi connectivity index (χ1n) is 29.1. The van der Waals surface area contributed by atoms with Gasteiger partial charge in [0.25, 0.3) is 0 Å². The predicted molar refractivity (Wildman–Crippen MR) is 321 cm³/mol.